The smallest absolute Gasteiger partial charge is 0.251 e. The van der Waals surface area contributed by atoms with Crippen LogP contribution < -0.4 is 10.6 Å². The molecule has 0 radical (unpaired) electrons. The molecule has 2 heterocycles. The van der Waals surface area contributed by atoms with Gasteiger partial charge in [-0.25, -0.2) is 0 Å². The summed E-state index contributed by atoms with van der Waals surface area (Å²) >= 11 is 6.37. The summed E-state index contributed by atoms with van der Waals surface area (Å²) in [5, 5.41) is 5.15. The number of ketones is 1. The molecule has 8 nitrogen and oxygen atoms in total. The average Bonchev–Trinajstić information content (AvgIpc) is 3.32. The standard InChI is InChI=1S/C23H28ClN3O5.4H2S/c1-13(28)25-16-9-7-15(8-10-16)22(30)26-19(14-5-3-2-4-6-14)23(31)27-11-17(24)21-20(27)18(29)12-32-21;;;;/h7-10,14,17,19-21H,2-6,11-12H2,1H3,(H,25,28)(H,26,30);4*1H2/t17-,19-,20+,21+;;;;/m0..../s1. The first kappa shape index (κ1) is 35.0. The highest BCUT2D eigenvalue weighted by Crippen LogP contribution is 2.34. The Bertz CT molecular complexity index is 918. The predicted molar refractivity (Wildman–Crippen MR) is 160 cm³/mol. The molecule has 4 atom stereocenters. The van der Waals surface area contributed by atoms with Gasteiger partial charge in [0.15, 0.2) is 5.78 Å². The van der Waals surface area contributed by atoms with Gasteiger partial charge in [0.05, 0.1) is 5.38 Å². The highest BCUT2D eigenvalue weighted by Gasteiger charge is 2.53. The van der Waals surface area contributed by atoms with E-state index in [2.05, 4.69) is 10.6 Å². The summed E-state index contributed by atoms with van der Waals surface area (Å²) in [5.41, 5.74) is 0.979. The van der Waals surface area contributed by atoms with Crippen LogP contribution in [0.3, 0.4) is 0 Å². The quantitative estimate of drug-likeness (QED) is 0.508. The average molecular weight is 598 g/mol. The first-order chi connectivity index (χ1) is 15.3. The monoisotopic (exact) mass is 597 g/mol. The zero-order chi connectivity index (χ0) is 22.8. The van der Waals surface area contributed by atoms with E-state index >= 15 is 0 Å². The van der Waals surface area contributed by atoms with E-state index in [1.807, 2.05) is 0 Å². The molecule has 0 spiro atoms. The summed E-state index contributed by atoms with van der Waals surface area (Å²) in [4.78, 5) is 51.7. The Morgan fingerprint density at radius 3 is 2.22 bits per heavy atom. The fourth-order valence-electron chi connectivity index (χ4n) is 4.98. The molecule has 0 unspecified atom stereocenters. The summed E-state index contributed by atoms with van der Waals surface area (Å²) in [6, 6.07) is 5.10. The zero-order valence-corrected chi connectivity index (χ0v) is 24.8. The van der Waals surface area contributed by atoms with Gasteiger partial charge in [0.2, 0.25) is 11.8 Å². The van der Waals surface area contributed by atoms with Crippen LogP contribution in [0.5, 0.6) is 0 Å². The van der Waals surface area contributed by atoms with E-state index in [1.165, 1.54) is 11.8 Å². The van der Waals surface area contributed by atoms with E-state index in [0.29, 0.717) is 11.3 Å². The fraction of sp³-hybridized carbons (Fsp3) is 0.565. The van der Waals surface area contributed by atoms with Crippen molar-refractivity contribution in [2.45, 2.75) is 62.6 Å². The fourth-order valence-corrected chi connectivity index (χ4v) is 5.34. The van der Waals surface area contributed by atoms with Gasteiger partial charge in [0, 0.05) is 24.7 Å². The van der Waals surface area contributed by atoms with Crippen molar-refractivity contribution in [3.63, 3.8) is 0 Å². The Kier molecular flexibility index (Phi) is 14.9. The van der Waals surface area contributed by atoms with Gasteiger partial charge >= 0.3 is 0 Å². The van der Waals surface area contributed by atoms with Crippen LogP contribution in [0.1, 0.15) is 49.4 Å². The maximum absolute atomic E-state index is 13.6. The second kappa shape index (κ2) is 15.4. The molecule has 4 rings (SSSR count). The van der Waals surface area contributed by atoms with E-state index in [9.17, 15) is 19.2 Å². The van der Waals surface area contributed by atoms with Crippen molar-refractivity contribution in [3.8, 4) is 0 Å². The Morgan fingerprint density at radius 1 is 1.03 bits per heavy atom. The second-order valence-electron chi connectivity index (χ2n) is 8.80. The molecule has 2 aliphatic heterocycles. The first-order valence-electron chi connectivity index (χ1n) is 11.1. The Hall–Kier alpha value is -1.05. The number of hydrogen-bond acceptors (Lipinski definition) is 5. The van der Waals surface area contributed by atoms with Crippen LogP contribution in [0.25, 0.3) is 0 Å². The first-order valence-corrected chi connectivity index (χ1v) is 11.6. The molecule has 1 aromatic carbocycles. The van der Waals surface area contributed by atoms with E-state index < -0.39 is 23.6 Å². The minimum Gasteiger partial charge on any atom is -0.366 e. The molecule has 36 heavy (non-hydrogen) atoms. The third kappa shape index (κ3) is 7.73. The van der Waals surface area contributed by atoms with Crippen molar-refractivity contribution >= 4 is 94.8 Å². The molecule has 1 aliphatic carbocycles. The number of rotatable bonds is 5. The van der Waals surface area contributed by atoms with Gasteiger partial charge in [-0.05, 0) is 43.0 Å². The highest BCUT2D eigenvalue weighted by molar-refractivity contribution is 7.59. The lowest BCUT2D eigenvalue weighted by atomic mass is 9.83. The number of anilines is 1. The summed E-state index contributed by atoms with van der Waals surface area (Å²) in [5.74, 6) is -0.970. The third-order valence-electron chi connectivity index (χ3n) is 6.55. The lowest BCUT2D eigenvalue weighted by Gasteiger charge is -2.34. The van der Waals surface area contributed by atoms with E-state index in [0.717, 1.165) is 32.1 Å². The molecule has 3 aliphatic rings. The molecule has 13 heteroatoms. The molecular weight excluding hydrogens is 562 g/mol. The van der Waals surface area contributed by atoms with E-state index in [1.54, 1.807) is 24.3 Å². The van der Waals surface area contributed by atoms with Crippen LogP contribution in [0, 0.1) is 5.92 Å². The van der Waals surface area contributed by atoms with Gasteiger partial charge < -0.3 is 20.3 Å². The van der Waals surface area contributed by atoms with Crippen molar-refractivity contribution in [3.05, 3.63) is 29.8 Å². The lowest BCUT2D eigenvalue weighted by molar-refractivity contribution is -0.139. The summed E-state index contributed by atoms with van der Waals surface area (Å²) in [6.07, 6.45) is 4.31. The Balaban J connectivity index is 0.00000306. The van der Waals surface area contributed by atoms with Crippen molar-refractivity contribution in [1.82, 2.24) is 10.2 Å². The molecular formula is C23H36ClN3O5S4. The molecule has 2 saturated heterocycles. The number of ether oxygens (including phenoxy) is 1. The number of nitrogens with one attached hydrogen (secondary N) is 2. The lowest BCUT2D eigenvalue weighted by Crippen LogP contribution is -2.55. The van der Waals surface area contributed by atoms with Crippen molar-refractivity contribution < 1.29 is 23.9 Å². The maximum atomic E-state index is 13.6. The summed E-state index contributed by atoms with van der Waals surface area (Å²) in [6.45, 7) is 1.60. The predicted octanol–water partition coefficient (Wildman–Crippen LogP) is 2.56. The summed E-state index contributed by atoms with van der Waals surface area (Å²) < 4.78 is 5.50. The Morgan fingerprint density at radius 2 is 1.64 bits per heavy atom. The zero-order valence-electron chi connectivity index (χ0n) is 20.0. The van der Waals surface area contributed by atoms with E-state index in [4.69, 9.17) is 16.3 Å². The minimum atomic E-state index is -0.728. The number of Topliss-reactive ketones (excluding diaryl/α,β-unsaturated/α-hetero) is 1. The van der Waals surface area contributed by atoms with Gasteiger partial charge in [-0.3, -0.25) is 19.2 Å². The molecule has 0 bridgehead atoms. The molecule has 2 N–H and O–H groups in total. The Labute approximate surface area is 244 Å². The molecule has 3 fully saturated rings. The van der Waals surface area contributed by atoms with Crippen LogP contribution in [-0.2, 0) is 19.1 Å². The van der Waals surface area contributed by atoms with Gasteiger partial charge in [-0.2, -0.15) is 54.0 Å². The summed E-state index contributed by atoms with van der Waals surface area (Å²) in [7, 11) is 0. The normalized spacial score (nSPS) is 23.6. The van der Waals surface area contributed by atoms with Crippen LogP contribution in [0.15, 0.2) is 24.3 Å². The largest absolute Gasteiger partial charge is 0.366 e. The number of likely N-dealkylation sites (tertiary alicyclic amines) is 1. The van der Waals surface area contributed by atoms with Gasteiger partial charge in [0.25, 0.3) is 5.91 Å². The van der Waals surface area contributed by atoms with Crippen molar-refractivity contribution in [2.75, 3.05) is 18.5 Å². The number of fused-ring (bicyclic) bond motifs is 1. The molecule has 1 aromatic rings. The number of amides is 3. The number of alkyl halides is 1. The number of nitrogens with zero attached hydrogens (tertiary/aromatic N) is 1. The van der Waals surface area contributed by atoms with Crippen LogP contribution in [-0.4, -0.2) is 65.1 Å². The molecule has 3 amide bonds. The van der Waals surface area contributed by atoms with Gasteiger partial charge in [0.1, 0.15) is 24.8 Å². The third-order valence-corrected chi connectivity index (χ3v) is 6.93. The number of carbonyl (C=O) groups excluding carboxylic acids is 4. The van der Waals surface area contributed by atoms with Crippen molar-refractivity contribution in [2.24, 2.45) is 5.92 Å². The van der Waals surface area contributed by atoms with Gasteiger partial charge in [-0.1, -0.05) is 19.3 Å². The number of hydrogen-bond donors (Lipinski definition) is 2. The minimum absolute atomic E-state index is 0. The molecule has 1 saturated carbocycles. The van der Waals surface area contributed by atoms with Crippen molar-refractivity contribution in [1.29, 1.82) is 0 Å². The molecule has 204 valence electrons. The van der Waals surface area contributed by atoms with E-state index in [-0.39, 0.29) is 96.6 Å². The topological polar surface area (TPSA) is 105 Å². The van der Waals surface area contributed by atoms with Gasteiger partial charge in [-0.15, -0.1) is 11.6 Å². The second-order valence-corrected chi connectivity index (χ2v) is 9.36. The SMILES string of the molecule is CC(=O)Nc1ccc(C(=O)N[C@H](C(=O)N2C[C@H](Cl)[C@H]3OCC(=O)[C@H]32)C2CCCCC2)cc1.S.S.S.S. The highest BCUT2D eigenvalue weighted by atomic mass is 35.5. The number of halogens is 1. The number of benzene rings is 1. The molecule has 0 aromatic heterocycles. The van der Waals surface area contributed by atoms with Crippen LogP contribution in [0.2, 0.25) is 0 Å². The van der Waals surface area contributed by atoms with Crippen LogP contribution in [0.4, 0.5) is 5.69 Å². The number of carbonyl (C=O) groups is 4. The maximum Gasteiger partial charge on any atom is 0.251 e. The van der Waals surface area contributed by atoms with Crippen LogP contribution >= 0.6 is 65.6 Å².